The van der Waals surface area contributed by atoms with Gasteiger partial charge >= 0.3 is 5.97 Å². The van der Waals surface area contributed by atoms with Gasteiger partial charge in [-0.05, 0) is 48.9 Å². The van der Waals surface area contributed by atoms with E-state index in [0.717, 1.165) is 5.56 Å². The Labute approximate surface area is 204 Å². The molecule has 34 heavy (non-hydrogen) atoms. The Bertz CT molecular complexity index is 989. The Balaban J connectivity index is 0.00000408. The number of nitrogens with zero attached hydrogens (tertiary/aromatic N) is 1. The van der Waals surface area contributed by atoms with Crippen LogP contribution in [0.2, 0.25) is 0 Å². The van der Waals surface area contributed by atoms with Crippen molar-refractivity contribution in [2.75, 3.05) is 19.8 Å². The molecule has 0 bridgehead atoms. The molecule has 0 saturated carbocycles. The molecular formula is C24H28ClN3O6. The quantitative estimate of drug-likeness (QED) is 0.182. The predicted octanol–water partition coefficient (Wildman–Crippen LogP) is 2.50. The Hall–Kier alpha value is -3.43. The molecule has 182 valence electrons. The van der Waals surface area contributed by atoms with E-state index in [4.69, 9.17) is 20.1 Å². The second kappa shape index (κ2) is 13.3. The highest BCUT2D eigenvalue weighted by Gasteiger charge is 2.20. The van der Waals surface area contributed by atoms with Gasteiger partial charge in [0.15, 0.2) is 12.4 Å². The molecule has 0 aliphatic carbocycles. The summed E-state index contributed by atoms with van der Waals surface area (Å²) in [5.74, 6) is 4.49. The molecule has 1 heterocycles. The second-order valence-corrected chi connectivity index (χ2v) is 7.57. The molecule has 0 unspecified atom stereocenters. The minimum Gasteiger partial charge on any atom is -0.482 e. The first-order valence-corrected chi connectivity index (χ1v) is 10.6. The lowest BCUT2D eigenvalue weighted by Crippen LogP contribution is -2.38. The molecule has 2 aromatic rings. The first-order chi connectivity index (χ1) is 16.0. The maximum atomic E-state index is 12.7. The third kappa shape index (κ3) is 7.86. The molecule has 1 fully saturated rings. The zero-order valence-electron chi connectivity index (χ0n) is 18.8. The number of hydrazone groups is 1. The maximum Gasteiger partial charge on any atom is 0.344 e. The molecule has 0 spiro atoms. The number of Topliss-reactive ketones (excluding diaryl/α,β-unsaturated/α-hetero) is 1. The molecule has 1 saturated heterocycles. The third-order valence-electron chi connectivity index (χ3n) is 5.10. The Morgan fingerprint density at radius 2 is 1.71 bits per heavy atom. The van der Waals surface area contributed by atoms with Crippen LogP contribution in [0.5, 0.6) is 5.75 Å². The van der Waals surface area contributed by atoms with E-state index in [2.05, 4.69) is 10.4 Å². The van der Waals surface area contributed by atoms with Crippen LogP contribution in [0.25, 0.3) is 0 Å². The van der Waals surface area contributed by atoms with Crippen LogP contribution in [-0.4, -0.2) is 55.8 Å². The van der Waals surface area contributed by atoms with Crippen molar-refractivity contribution in [1.29, 1.82) is 0 Å². The number of esters is 1. The summed E-state index contributed by atoms with van der Waals surface area (Å²) in [5.41, 5.74) is 1.59. The average molecular weight is 490 g/mol. The predicted molar refractivity (Wildman–Crippen MR) is 129 cm³/mol. The zero-order valence-corrected chi connectivity index (χ0v) is 19.6. The molecule has 2 aromatic carbocycles. The van der Waals surface area contributed by atoms with Gasteiger partial charge in [0, 0.05) is 24.0 Å². The van der Waals surface area contributed by atoms with Crippen LogP contribution < -0.4 is 15.9 Å². The van der Waals surface area contributed by atoms with Gasteiger partial charge in [0.05, 0.1) is 25.5 Å². The molecule has 3 rings (SSSR count). The molecule has 1 amide bonds. The number of halogens is 1. The van der Waals surface area contributed by atoms with Gasteiger partial charge in [0.1, 0.15) is 11.9 Å². The van der Waals surface area contributed by atoms with E-state index >= 15 is 0 Å². The average Bonchev–Trinajstić information content (AvgIpc) is 2.84. The lowest BCUT2D eigenvalue weighted by molar-refractivity contribution is -0.155. The van der Waals surface area contributed by atoms with Crippen LogP contribution in [0.3, 0.4) is 0 Å². The largest absolute Gasteiger partial charge is 0.482 e. The van der Waals surface area contributed by atoms with Crippen LogP contribution in [0.15, 0.2) is 53.6 Å². The van der Waals surface area contributed by atoms with E-state index in [-0.39, 0.29) is 36.8 Å². The maximum absolute atomic E-state index is 12.7. The normalized spacial score (nSPS) is 14.6. The van der Waals surface area contributed by atoms with Gasteiger partial charge in [-0.25, -0.2) is 4.79 Å². The molecule has 1 aliphatic heterocycles. The number of nitrogens with two attached hydrogens (primary N) is 1. The molecule has 3 N–H and O–H groups in total. The highest BCUT2D eigenvalue weighted by Crippen LogP contribution is 2.15. The molecule has 1 atom stereocenters. The number of benzene rings is 2. The monoisotopic (exact) mass is 489 g/mol. The van der Waals surface area contributed by atoms with Crippen molar-refractivity contribution >= 4 is 36.3 Å². The summed E-state index contributed by atoms with van der Waals surface area (Å²) >= 11 is 0. The van der Waals surface area contributed by atoms with Gasteiger partial charge in [-0.1, -0.05) is 12.1 Å². The summed E-state index contributed by atoms with van der Waals surface area (Å²) in [5, 5.41) is 6.12. The van der Waals surface area contributed by atoms with Crippen LogP contribution in [0, 0.1) is 0 Å². The molecule has 0 radical (unpaired) electrons. The van der Waals surface area contributed by atoms with Crippen molar-refractivity contribution in [2.45, 2.75) is 31.9 Å². The summed E-state index contributed by atoms with van der Waals surface area (Å²) in [6, 6.07) is 12.3. The highest BCUT2D eigenvalue weighted by molar-refractivity contribution is 6.04. The minimum absolute atomic E-state index is 0. The number of rotatable bonds is 9. The number of nitrogens with one attached hydrogen (secondary N) is 1. The fourth-order valence-electron chi connectivity index (χ4n) is 3.27. The molecule has 9 nitrogen and oxygen atoms in total. The fraction of sp³-hybridized carbons (Fsp3) is 0.333. The number of carbonyl (C=O) groups excluding carboxylic acids is 3. The van der Waals surface area contributed by atoms with Gasteiger partial charge in [0.2, 0.25) is 0 Å². The van der Waals surface area contributed by atoms with Gasteiger partial charge < -0.3 is 25.4 Å². The zero-order chi connectivity index (χ0) is 23.6. The van der Waals surface area contributed by atoms with E-state index in [1.807, 2.05) is 0 Å². The van der Waals surface area contributed by atoms with Crippen LogP contribution in [0.4, 0.5) is 0 Å². The summed E-state index contributed by atoms with van der Waals surface area (Å²) < 4.78 is 16.0. The number of ether oxygens (including phenoxy) is 3. The Morgan fingerprint density at radius 1 is 1.09 bits per heavy atom. The number of hydrogen-bond donors (Lipinski definition) is 2. The topological polar surface area (TPSA) is 129 Å². The number of hydrogen-bond acceptors (Lipinski definition) is 8. The lowest BCUT2D eigenvalue weighted by Gasteiger charge is -2.22. The standard InChI is InChI=1S/C24H27N3O6.ClH/c1-16(27-24(30)19-4-2-17(3-5-19)14-26-25)23(29)18-6-8-20(9-7-18)32-15-22(28)33-21-10-12-31-13-11-21;/h2-9,14,16,21H,10-13,15,25H2,1H3,(H,27,30);1H/t16-;/m0./s1. The first-order valence-electron chi connectivity index (χ1n) is 10.6. The lowest BCUT2D eigenvalue weighted by atomic mass is 10.0. The van der Waals surface area contributed by atoms with Gasteiger partial charge in [0.25, 0.3) is 5.91 Å². The van der Waals surface area contributed by atoms with E-state index in [1.54, 1.807) is 55.5 Å². The summed E-state index contributed by atoms with van der Waals surface area (Å²) in [6.07, 6.45) is 2.71. The molecular weight excluding hydrogens is 462 g/mol. The van der Waals surface area contributed by atoms with Crippen molar-refractivity contribution in [3.8, 4) is 5.75 Å². The fourth-order valence-corrected chi connectivity index (χ4v) is 3.27. The summed E-state index contributed by atoms with van der Waals surface area (Å²) in [6.45, 7) is 2.58. The van der Waals surface area contributed by atoms with Crippen LogP contribution in [-0.2, 0) is 14.3 Å². The van der Waals surface area contributed by atoms with Crippen molar-refractivity contribution in [2.24, 2.45) is 10.9 Å². The van der Waals surface area contributed by atoms with Crippen molar-refractivity contribution in [3.05, 3.63) is 65.2 Å². The number of ketones is 1. The number of amides is 1. The second-order valence-electron chi connectivity index (χ2n) is 7.57. The van der Waals surface area contributed by atoms with Crippen molar-refractivity contribution < 1.29 is 28.6 Å². The smallest absolute Gasteiger partial charge is 0.344 e. The van der Waals surface area contributed by atoms with Gasteiger partial charge in [-0.2, -0.15) is 5.10 Å². The van der Waals surface area contributed by atoms with E-state index < -0.39 is 12.0 Å². The summed E-state index contributed by atoms with van der Waals surface area (Å²) in [4.78, 5) is 37.0. The molecule has 1 aliphatic rings. The van der Waals surface area contributed by atoms with Crippen LogP contribution >= 0.6 is 12.4 Å². The Morgan fingerprint density at radius 3 is 2.32 bits per heavy atom. The SMILES string of the molecule is C[C@H](NC(=O)c1ccc(C=NN)cc1)C(=O)c1ccc(OCC(=O)OC2CCOCC2)cc1.Cl. The van der Waals surface area contributed by atoms with E-state index in [0.29, 0.717) is 42.9 Å². The first kappa shape index (κ1) is 26.8. The minimum atomic E-state index is -0.732. The van der Waals surface area contributed by atoms with Gasteiger partial charge in [-0.3, -0.25) is 9.59 Å². The molecule has 10 heteroatoms. The van der Waals surface area contributed by atoms with Crippen molar-refractivity contribution in [3.63, 3.8) is 0 Å². The molecule has 0 aromatic heterocycles. The highest BCUT2D eigenvalue weighted by atomic mass is 35.5. The van der Waals surface area contributed by atoms with Crippen LogP contribution in [0.1, 0.15) is 46.0 Å². The number of carbonyl (C=O) groups is 3. The van der Waals surface area contributed by atoms with E-state index in [9.17, 15) is 14.4 Å². The third-order valence-corrected chi connectivity index (χ3v) is 5.10. The van der Waals surface area contributed by atoms with Crippen molar-refractivity contribution in [1.82, 2.24) is 5.32 Å². The van der Waals surface area contributed by atoms with E-state index in [1.165, 1.54) is 6.21 Å². The summed E-state index contributed by atoms with van der Waals surface area (Å²) in [7, 11) is 0. The Kier molecular flexibility index (Phi) is 10.5. The van der Waals surface area contributed by atoms with Gasteiger partial charge in [-0.15, -0.1) is 12.4 Å².